The van der Waals surface area contributed by atoms with Crippen molar-refractivity contribution in [3.05, 3.63) is 0 Å². The predicted molar refractivity (Wildman–Crippen MR) is 93.6 cm³/mol. The van der Waals surface area contributed by atoms with Gasteiger partial charge in [0.15, 0.2) is 0 Å². The molecule has 136 valence electrons. The molecule has 6 heteroatoms. The molecule has 1 N–H and O–H groups in total. The lowest BCUT2D eigenvalue weighted by Crippen LogP contribution is -2.53. The molecule has 0 radical (unpaired) electrons. The van der Waals surface area contributed by atoms with Crippen LogP contribution < -0.4 is 5.32 Å². The molecular weight excluding hydrogens is 304 g/mol. The van der Waals surface area contributed by atoms with Crippen molar-refractivity contribution < 1.29 is 9.59 Å². The van der Waals surface area contributed by atoms with Crippen LogP contribution in [0.15, 0.2) is 0 Å². The molecule has 1 aliphatic carbocycles. The fraction of sp³-hybridized carbons (Fsp3) is 0.889. The SMILES string of the molecule is CC(=O)N1CCN([C@H]2CN(CC(=O)NC3CCCC3)C[C@@H]2C)CC1. The van der Waals surface area contributed by atoms with Crippen LogP contribution in [0.2, 0.25) is 0 Å². The van der Waals surface area contributed by atoms with Gasteiger partial charge in [-0.15, -0.1) is 0 Å². The second-order valence-electron chi connectivity index (χ2n) is 7.83. The van der Waals surface area contributed by atoms with Crippen molar-refractivity contribution in [1.29, 1.82) is 0 Å². The molecule has 0 aromatic rings. The Balaban J connectivity index is 1.44. The van der Waals surface area contributed by atoms with Gasteiger partial charge in [-0.25, -0.2) is 0 Å². The summed E-state index contributed by atoms with van der Waals surface area (Å²) in [4.78, 5) is 30.5. The summed E-state index contributed by atoms with van der Waals surface area (Å²) in [5.74, 6) is 0.948. The van der Waals surface area contributed by atoms with Crippen LogP contribution in [0.1, 0.15) is 39.5 Å². The second kappa shape index (κ2) is 7.83. The Morgan fingerprint density at radius 3 is 2.33 bits per heavy atom. The van der Waals surface area contributed by atoms with E-state index in [2.05, 4.69) is 22.0 Å². The Morgan fingerprint density at radius 1 is 1.04 bits per heavy atom. The molecule has 0 unspecified atom stereocenters. The summed E-state index contributed by atoms with van der Waals surface area (Å²) in [6.45, 7) is 10.0. The first-order valence-electron chi connectivity index (χ1n) is 9.54. The summed E-state index contributed by atoms with van der Waals surface area (Å²) >= 11 is 0. The smallest absolute Gasteiger partial charge is 0.234 e. The molecular formula is C18H32N4O2. The fourth-order valence-corrected chi connectivity index (χ4v) is 4.57. The van der Waals surface area contributed by atoms with Crippen molar-refractivity contribution in [3.8, 4) is 0 Å². The number of amides is 2. The van der Waals surface area contributed by atoms with Gasteiger partial charge in [0.1, 0.15) is 0 Å². The molecule has 0 aromatic carbocycles. The molecule has 3 aliphatic rings. The number of carbonyl (C=O) groups excluding carboxylic acids is 2. The maximum absolute atomic E-state index is 12.3. The molecule has 1 saturated carbocycles. The van der Waals surface area contributed by atoms with E-state index < -0.39 is 0 Å². The Labute approximate surface area is 145 Å². The van der Waals surface area contributed by atoms with Crippen molar-refractivity contribution in [2.45, 2.75) is 51.6 Å². The normalized spacial score (nSPS) is 30.0. The molecule has 3 rings (SSSR count). The van der Waals surface area contributed by atoms with Crippen LogP contribution in [0.5, 0.6) is 0 Å². The maximum atomic E-state index is 12.3. The number of piperazine rings is 1. The van der Waals surface area contributed by atoms with Gasteiger partial charge in [0.2, 0.25) is 11.8 Å². The molecule has 2 atom stereocenters. The number of hydrogen-bond donors (Lipinski definition) is 1. The Hall–Kier alpha value is -1.14. The minimum Gasteiger partial charge on any atom is -0.352 e. The molecule has 2 amide bonds. The lowest BCUT2D eigenvalue weighted by molar-refractivity contribution is -0.131. The fourth-order valence-electron chi connectivity index (χ4n) is 4.57. The van der Waals surface area contributed by atoms with Gasteiger partial charge in [-0.2, -0.15) is 0 Å². The van der Waals surface area contributed by atoms with E-state index in [0.29, 0.717) is 24.5 Å². The lowest BCUT2D eigenvalue weighted by Gasteiger charge is -2.39. The van der Waals surface area contributed by atoms with E-state index in [1.807, 2.05) is 4.90 Å². The van der Waals surface area contributed by atoms with Gasteiger partial charge >= 0.3 is 0 Å². The number of hydrogen-bond acceptors (Lipinski definition) is 4. The Kier molecular flexibility index (Phi) is 5.76. The molecule has 0 aromatic heterocycles. The molecule has 24 heavy (non-hydrogen) atoms. The van der Waals surface area contributed by atoms with E-state index in [4.69, 9.17) is 0 Å². The monoisotopic (exact) mass is 336 g/mol. The molecule has 0 spiro atoms. The lowest BCUT2D eigenvalue weighted by atomic mass is 10.0. The van der Waals surface area contributed by atoms with Crippen LogP contribution in [0.3, 0.4) is 0 Å². The van der Waals surface area contributed by atoms with Crippen LogP contribution in [0.25, 0.3) is 0 Å². The van der Waals surface area contributed by atoms with E-state index in [9.17, 15) is 9.59 Å². The van der Waals surface area contributed by atoms with Gasteiger partial charge in [-0.1, -0.05) is 19.8 Å². The Bertz CT molecular complexity index is 456. The highest BCUT2D eigenvalue weighted by Gasteiger charge is 2.36. The average molecular weight is 336 g/mol. The summed E-state index contributed by atoms with van der Waals surface area (Å²) in [5, 5.41) is 3.19. The number of likely N-dealkylation sites (tertiary alicyclic amines) is 1. The first kappa shape index (κ1) is 17.7. The van der Waals surface area contributed by atoms with E-state index in [1.54, 1.807) is 6.92 Å². The van der Waals surface area contributed by atoms with Crippen LogP contribution in [0, 0.1) is 5.92 Å². The van der Waals surface area contributed by atoms with Gasteiger partial charge in [-0.3, -0.25) is 19.4 Å². The number of carbonyl (C=O) groups is 2. The third kappa shape index (κ3) is 4.28. The highest BCUT2D eigenvalue weighted by Crippen LogP contribution is 2.23. The molecule has 3 fully saturated rings. The molecule has 0 bridgehead atoms. The zero-order valence-electron chi connectivity index (χ0n) is 15.2. The standard InChI is InChI=1S/C18H32N4O2/c1-14-11-20(13-18(24)19-16-5-3-4-6-16)12-17(14)22-9-7-21(8-10-22)15(2)23/h14,16-17H,3-13H2,1-2H3,(H,19,24)/t14-,17-/m0/s1. The van der Waals surface area contributed by atoms with E-state index in [-0.39, 0.29) is 11.8 Å². The minimum atomic E-state index is 0.180. The van der Waals surface area contributed by atoms with Gasteiger partial charge in [-0.05, 0) is 18.8 Å². The summed E-state index contributed by atoms with van der Waals surface area (Å²) in [6.07, 6.45) is 4.79. The van der Waals surface area contributed by atoms with Crippen LogP contribution >= 0.6 is 0 Å². The van der Waals surface area contributed by atoms with Gasteiger partial charge in [0.05, 0.1) is 6.54 Å². The van der Waals surface area contributed by atoms with Crippen molar-refractivity contribution in [2.24, 2.45) is 5.92 Å². The summed E-state index contributed by atoms with van der Waals surface area (Å²) in [5.41, 5.74) is 0. The molecule has 2 heterocycles. The number of nitrogens with one attached hydrogen (secondary N) is 1. The third-order valence-electron chi connectivity index (χ3n) is 5.96. The zero-order valence-corrected chi connectivity index (χ0v) is 15.2. The molecule has 2 saturated heterocycles. The van der Waals surface area contributed by atoms with E-state index >= 15 is 0 Å². The summed E-state index contributed by atoms with van der Waals surface area (Å²) in [6, 6.07) is 0.923. The zero-order chi connectivity index (χ0) is 17.1. The van der Waals surface area contributed by atoms with Crippen molar-refractivity contribution in [2.75, 3.05) is 45.8 Å². The van der Waals surface area contributed by atoms with Gasteiger partial charge < -0.3 is 10.2 Å². The second-order valence-corrected chi connectivity index (χ2v) is 7.83. The highest BCUT2D eigenvalue weighted by molar-refractivity contribution is 5.78. The highest BCUT2D eigenvalue weighted by atomic mass is 16.2. The minimum absolute atomic E-state index is 0.180. The average Bonchev–Trinajstić information content (AvgIpc) is 3.17. The predicted octanol–water partition coefficient (Wildman–Crippen LogP) is 0.530. The Morgan fingerprint density at radius 2 is 1.71 bits per heavy atom. The largest absolute Gasteiger partial charge is 0.352 e. The summed E-state index contributed by atoms with van der Waals surface area (Å²) < 4.78 is 0. The summed E-state index contributed by atoms with van der Waals surface area (Å²) in [7, 11) is 0. The van der Waals surface area contributed by atoms with Crippen molar-refractivity contribution in [3.63, 3.8) is 0 Å². The van der Waals surface area contributed by atoms with Gasteiger partial charge in [0.25, 0.3) is 0 Å². The van der Waals surface area contributed by atoms with Crippen LogP contribution in [-0.4, -0.2) is 84.4 Å². The van der Waals surface area contributed by atoms with E-state index in [0.717, 1.165) is 52.1 Å². The first-order chi connectivity index (χ1) is 11.5. The van der Waals surface area contributed by atoms with Gasteiger partial charge in [0, 0.05) is 58.3 Å². The number of rotatable bonds is 4. The van der Waals surface area contributed by atoms with Crippen LogP contribution in [-0.2, 0) is 9.59 Å². The number of nitrogens with zero attached hydrogens (tertiary/aromatic N) is 3. The third-order valence-corrected chi connectivity index (χ3v) is 5.96. The quantitative estimate of drug-likeness (QED) is 0.814. The van der Waals surface area contributed by atoms with Crippen molar-refractivity contribution >= 4 is 11.8 Å². The molecule has 2 aliphatic heterocycles. The van der Waals surface area contributed by atoms with Crippen LogP contribution in [0.4, 0.5) is 0 Å². The maximum Gasteiger partial charge on any atom is 0.234 e. The molecule has 6 nitrogen and oxygen atoms in total. The van der Waals surface area contributed by atoms with E-state index in [1.165, 1.54) is 12.8 Å². The first-order valence-corrected chi connectivity index (χ1v) is 9.54. The van der Waals surface area contributed by atoms with Crippen molar-refractivity contribution in [1.82, 2.24) is 20.0 Å². The topological polar surface area (TPSA) is 55.9 Å².